The lowest BCUT2D eigenvalue weighted by molar-refractivity contribution is -0.138. The zero-order valence-electron chi connectivity index (χ0n) is 11.2. The Morgan fingerprint density at radius 3 is 2.55 bits per heavy atom. The number of nitrogens with one attached hydrogen (secondary N) is 2. The van der Waals surface area contributed by atoms with Crippen LogP contribution in [0, 0.1) is 0 Å². The van der Waals surface area contributed by atoms with Crippen molar-refractivity contribution in [1.82, 2.24) is 5.32 Å². The summed E-state index contributed by atoms with van der Waals surface area (Å²) in [6, 6.07) is 7.41. The van der Waals surface area contributed by atoms with E-state index in [1.165, 1.54) is 0 Å². The lowest BCUT2D eigenvalue weighted by Gasteiger charge is -2.35. The molecule has 0 spiro atoms. The maximum absolute atomic E-state index is 12.2. The Balaban J connectivity index is 2.30. The number of rotatable bonds is 3. The second-order valence-corrected chi connectivity index (χ2v) is 5.32. The van der Waals surface area contributed by atoms with E-state index in [1.54, 1.807) is 0 Å². The number of amides is 2. The standard InChI is InChI=1S/C14H17N3O2S/c1-2-14(8-7-11(18)17-12(14)19)9-3-5-10(6-4-9)16-13(15)20/h3-6H,2,7-8H2,1H3,(H3,15,16,20)(H,17,18,19). The first-order valence-electron chi connectivity index (χ1n) is 6.49. The van der Waals surface area contributed by atoms with Crippen molar-refractivity contribution >= 4 is 34.8 Å². The van der Waals surface area contributed by atoms with Gasteiger partial charge in [-0.25, -0.2) is 0 Å². The molecular formula is C14H17N3O2S. The minimum Gasteiger partial charge on any atom is -0.376 e. The third kappa shape index (κ3) is 2.65. The Labute approximate surface area is 122 Å². The summed E-state index contributed by atoms with van der Waals surface area (Å²) in [5.74, 6) is -0.419. The molecule has 5 nitrogen and oxygen atoms in total. The normalized spacial score (nSPS) is 22.2. The van der Waals surface area contributed by atoms with Gasteiger partial charge in [0.25, 0.3) is 0 Å². The smallest absolute Gasteiger partial charge is 0.237 e. The summed E-state index contributed by atoms with van der Waals surface area (Å²) >= 11 is 4.78. The molecule has 0 saturated carbocycles. The van der Waals surface area contributed by atoms with Gasteiger partial charge in [0, 0.05) is 12.1 Å². The average molecular weight is 291 g/mol. The summed E-state index contributed by atoms with van der Waals surface area (Å²) in [6.45, 7) is 1.95. The van der Waals surface area contributed by atoms with Crippen molar-refractivity contribution in [2.45, 2.75) is 31.6 Å². The maximum atomic E-state index is 12.2. The lowest BCUT2D eigenvalue weighted by atomic mass is 9.72. The predicted molar refractivity (Wildman–Crippen MR) is 81.2 cm³/mol. The first-order valence-corrected chi connectivity index (χ1v) is 6.90. The third-order valence-electron chi connectivity index (χ3n) is 3.78. The number of hydrogen-bond donors (Lipinski definition) is 3. The second-order valence-electron chi connectivity index (χ2n) is 4.88. The van der Waals surface area contributed by atoms with E-state index in [0.29, 0.717) is 19.3 Å². The van der Waals surface area contributed by atoms with Gasteiger partial charge in [0.2, 0.25) is 11.8 Å². The summed E-state index contributed by atoms with van der Waals surface area (Å²) in [4.78, 5) is 23.5. The Hall–Kier alpha value is -1.95. The van der Waals surface area contributed by atoms with Crippen LogP contribution < -0.4 is 16.4 Å². The van der Waals surface area contributed by atoms with Gasteiger partial charge in [0.1, 0.15) is 0 Å². The van der Waals surface area contributed by atoms with E-state index >= 15 is 0 Å². The molecule has 0 aromatic heterocycles. The molecule has 2 rings (SSSR count). The molecule has 4 N–H and O–H groups in total. The van der Waals surface area contributed by atoms with Gasteiger partial charge in [-0.2, -0.15) is 0 Å². The molecule has 106 valence electrons. The van der Waals surface area contributed by atoms with E-state index in [1.807, 2.05) is 31.2 Å². The van der Waals surface area contributed by atoms with Crippen molar-refractivity contribution in [1.29, 1.82) is 0 Å². The van der Waals surface area contributed by atoms with E-state index in [2.05, 4.69) is 10.6 Å². The van der Waals surface area contributed by atoms with Gasteiger partial charge in [0.05, 0.1) is 5.41 Å². The highest BCUT2D eigenvalue weighted by molar-refractivity contribution is 7.80. The Morgan fingerprint density at radius 1 is 1.40 bits per heavy atom. The zero-order valence-corrected chi connectivity index (χ0v) is 12.0. The maximum Gasteiger partial charge on any atom is 0.237 e. The number of benzene rings is 1. The van der Waals surface area contributed by atoms with Gasteiger partial charge in [-0.1, -0.05) is 19.1 Å². The van der Waals surface area contributed by atoms with Gasteiger partial charge in [0.15, 0.2) is 5.11 Å². The van der Waals surface area contributed by atoms with Crippen LogP contribution in [0.5, 0.6) is 0 Å². The molecule has 1 fully saturated rings. The molecule has 1 aromatic carbocycles. The molecule has 0 radical (unpaired) electrons. The first kappa shape index (κ1) is 14.5. The SMILES string of the molecule is CCC1(c2ccc(NC(N)=S)cc2)CCC(=O)NC1=O. The van der Waals surface area contributed by atoms with Crippen LogP contribution >= 0.6 is 12.2 Å². The van der Waals surface area contributed by atoms with Crippen molar-refractivity contribution in [2.24, 2.45) is 5.73 Å². The number of imide groups is 1. The van der Waals surface area contributed by atoms with Gasteiger partial charge in [-0.3, -0.25) is 14.9 Å². The number of carbonyl (C=O) groups is 2. The zero-order chi connectivity index (χ0) is 14.8. The van der Waals surface area contributed by atoms with E-state index in [9.17, 15) is 9.59 Å². The molecule has 1 aliphatic rings. The predicted octanol–water partition coefficient (Wildman–Crippen LogP) is 1.43. The number of nitrogens with two attached hydrogens (primary N) is 1. The molecule has 0 aliphatic carbocycles. The van der Waals surface area contributed by atoms with Crippen molar-refractivity contribution < 1.29 is 9.59 Å². The second kappa shape index (κ2) is 5.58. The van der Waals surface area contributed by atoms with Crippen molar-refractivity contribution in [3.05, 3.63) is 29.8 Å². The van der Waals surface area contributed by atoms with E-state index < -0.39 is 5.41 Å². The van der Waals surface area contributed by atoms with Gasteiger partial charge in [-0.15, -0.1) is 0 Å². The van der Waals surface area contributed by atoms with Crippen LogP contribution in [0.3, 0.4) is 0 Å². The number of hydrogen-bond acceptors (Lipinski definition) is 3. The Morgan fingerprint density at radius 2 is 2.05 bits per heavy atom. The van der Waals surface area contributed by atoms with Crippen LogP contribution in [-0.4, -0.2) is 16.9 Å². The molecule has 6 heteroatoms. The number of carbonyl (C=O) groups excluding carboxylic acids is 2. The highest BCUT2D eigenvalue weighted by Crippen LogP contribution is 2.36. The first-order chi connectivity index (χ1) is 9.48. The minimum absolute atomic E-state index is 0.198. The van der Waals surface area contributed by atoms with E-state index in [4.69, 9.17) is 18.0 Å². The molecule has 1 aliphatic heterocycles. The number of piperidine rings is 1. The van der Waals surface area contributed by atoms with Crippen LogP contribution in [0.2, 0.25) is 0 Å². The minimum atomic E-state index is -0.629. The largest absolute Gasteiger partial charge is 0.376 e. The number of anilines is 1. The quantitative estimate of drug-likeness (QED) is 0.579. The van der Waals surface area contributed by atoms with Crippen LogP contribution in [0.4, 0.5) is 5.69 Å². The topological polar surface area (TPSA) is 84.2 Å². The summed E-state index contributed by atoms with van der Waals surface area (Å²) in [5.41, 5.74) is 6.46. The molecular weight excluding hydrogens is 274 g/mol. The summed E-state index contributed by atoms with van der Waals surface area (Å²) in [7, 11) is 0. The third-order valence-corrected chi connectivity index (χ3v) is 3.88. The fourth-order valence-electron chi connectivity index (χ4n) is 2.58. The molecule has 1 unspecified atom stereocenters. The lowest BCUT2D eigenvalue weighted by Crippen LogP contribution is -2.51. The van der Waals surface area contributed by atoms with Crippen LogP contribution in [0.25, 0.3) is 0 Å². The summed E-state index contributed by atoms with van der Waals surface area (Å²) < 4.78 is 0. The average Bonchev–Trinajstić information content (AvgIpc) is 2.40. The molecule has 1 saturated heterocycles. The van der Waals surface area contributed by atoms with Gasteiger partial charge >= 0.3 is 0 Å². The fourth-order valence-corrected chi connectivity index (χ4v) is 2.70. The molecule has 20 heavy (non-hydrogen) atoms. The van der Waals surface area contributed by atoms with Gasteiger partial charge in [-0.05, 0) is 42.8 Å². The monoisotopic (exact) mass is 291 g/mol. The molecule has 1 heterocycles. The molecule has 2 amide bonds. The van der Waals surface area contributed by atoms with E-state index in [0.717, 1.165) is 11.3 Å². The molecule has 1 atom stereocenters. The van der Waals surface area contributed by atoms with E-state index in [-0.39, 0.29) is 16.9 Å². The van der Waals surface area contributed by atoms with Gasteiger partial charge < -0.3 is 11.1 Å². The Kier molecular flexibility index (Phi) is 4.04. The Bertz CT molecular complexity index is 556. The van der Waals surface area contributed by atoms with Crippen LogP contribution in [0.15, 0.2) is 24.3 Å². The molecule has 1 aromatic rings. The van der Waals surface area contributed by atoms with Crippen molar-refractivity contribution in [2.75, 3.05) is 5.32 Å². The summed E-state index contributed by atoms with van der Waals surface area (Å²) in [5, 5.41) is 5.47. The summed E-state index contributed by atoms with van der Waals surface area (Å²) in [6.07, 6.45) is 1.55. The van der Waals surface area contributed by atoms with Crippen molar-refractivity contribution in [3.63, 3.8) is 0 Å². The van der Waals surface area contributed by atoms with Crippen LogP contribution in [-0.2, 0) is 15.0 Å². The highest BCUT2D eigenvalue weighted by atomic mass is 32.1. The van der Waals surface area contributed by atoms with Crippen LogP contribution in [0.1, 0.15) is 31.7 Å². The highest BCUT2D eigenvalue weighted by Gasteiger charge is 2.42. The molecule has 0 bridgehead atoms. The number of thiocarbonyl (C=S) groups is 1. The fraction of sp³-hybridized carbons (Fsp3) is 0.357. The van der Waals surface area contributed by atoms with Crippen molar-refractivity contribution in [3.8, 4) is 0 Å².